The number of para-hydroxylation sites is 1. The Labute approximate surface area is 267 Å². The highest BCUT2D eigenvalue weighted by Gasteiger charge is 2.28. The Morgan fingerprint density at radius 2 is 1.64 bits per heavy atom. The lowest BCUT2D eigenvalue weighted by molar-refractivity contribution is -0.0187. The molecular formula is C38H46F2N4O. The molecule has 2 aliphatic heterocycles. The molecule has 1 unspecified atom stereocenters. The minimum atomic E-state index is -0.273. The third kappa shape index (κ3) is 9.63. The van der Waals surface area contributed by atoms with Crippen LogP contribution in [0.5, 0.6) is 0 Å². The largest absolute Gasteiger partial charge is 0.358 e. The molecule has 0 radical (unpaired) electrons. The van der Waals surface area contributed by atoms with Crippen molar-refractivity contribution < 1.29 is 13.5 Å². The summed E-state index contributed by atoms with van der Waals surface area (Å²) in [6.07, 6.45) is 9.50. The number of halogens is 2. The molecule has 238 valence electrons. The van der Waals surface area contributed by atoms with Crippen LogP contribution in [-0.4, -0.2) is 36.7 Å². The van der Waals surface area contributed by atoms with Crippen LogP contribution in [0.3, 0.4) is 0 Å². The van der Waals surface area contributed by atoms with Gasteiger partial charge in [0.15, 0.2) is 6.23 Å². The molecule has 3 aromatic carbocycles. The molecule has 0 aliphatic carbocycles. The highest BCUT2D eigenvalue weighted by atomic mass is 19.1. The monoisotopic (exact) mass is 612 g/mol. The molecule has 0 spiro atoms. The topological polar surface area (TPSA) is 40.1 Å². The van der Waals surface area contributed by atoms with E-state index in [1.165, 1.54) is 12.1 Å². The fraction of sp³-hybridized carbons (Fsp3) is 0.342. The number of piperidine rings is 1. The quantitative estimate of drug-likeness (QED) is 0.249. The number of hydrogen-bond donors (Lipinski definition) is 1. The van der Waals surface area contributed by atoms with Crippen molar-refractivity contribution in [3.63, 3.8) is 0 Å². The summed E-state index contributed by atoms with van der Waals surface area (Å²) in [5, 5.41) is 3.19. The van der Waals surface area contributed by atoms with E-state index in [1.54, 1.807) is 30.6 Å². The average Bonchev–Trinajstić information content (AvgIpc) is 3.04. The van der Waals surface area contributed by atoms with Crippen LogP contribution in [0.2, 0.25) is 0 Å². The Hall–Kier alpha value is -4.23. The first-order valence-corrected chi connectivity index (χ1v) is 15.9. The van der Waals surface area contributed by atoms with E-state index in [1.807, 2.05) is 31.2 Å². The second-order valence-electron chi connectivity index (χ2n) is 11.4. The van der Waals surface area contributed by atoms with Crippen molar-refractivity contribution >= 4 is 12.0 Å². The second-order valence-corrected chi connectivity index (χ2v) is 11.4. The summed E-state index contributed by atoms with van der Waals surface area (Å²) in [5.41, 5.74) is 6.38. The summed E-state index contributed by atoms with van der Waals surface area (Å²) in [5.74, 6) is 0.558. The van der Waals surface area contributed by atoms with Gasteiger partial charge in [-0.1, -0.05) is 75.0 Å². The summed E-state index contributed by atoms with van der Waals surface area (Å²) < 4.78 is 32.7. The van der Waals surface area contributed by atoms with E-state index in [0.717, 1.165) is 78.2 Å². The number of hydrogen-bond acceptors (Lipinski definition) is 5. The Morgan fingerprint density at radius 1 is 0.978 bits per heavy atom. The number of aliphatic imine (C=N–C) groups is 1. The molecular weight excluding hydrogens is 566 g/mol. The Balaban J connectivity index is 0.000000440. The number of rotatable bonds is 10. The average molecular weight is 613 g/mol. The third-order valence-electron chi connectivity index (χ3n) is 8.10. The predicted molar refractivity (Wildman–Crippen MR) is 182 cm³/mol. The van der Waals surface area contributed by atoms with E-state index in [0.29, 0.717) is 6.54 Å². The molecule has 0 amide bonds. The standard InChI is InChI=1S/C30H37FN4O.C8H9F/c1-5-6-13-28-23(3)32-21-33-30(28)36-27-15-17-34(18-16-27)24(4)35(29-14-8-7-10-22(29)2)20-25-11-9-12-26(31)19-25;1-2-7-4-3-5-8(9)6-7/h6-14,19,21,27,30H,4-5,15-18,20H2,1-3H3,(H,32,33);3-6H,2H2,1H3/b13-6-;. The fourth-order valence-corrected chi connectivity index (χ4v) is 5.47. The molecule has 2 heterocycles. The molecule has 7 heteroatoms. The maximum Gasteiger partial charge on any atom is 0.177 e. The first-order valence-electron chi connectivity index (χ1n) is 15.9. The van der Waals surface area contributed by atoms with Crippen LogP contribution in [0.1, 0.15) is 56.7 Å². The number of allylic oxidation sites excluding steroid dienone is 2. The van der Waals surface area contributed by atoms with Crippen molar-refractivity contribution in [2.45, 2.75) is 72.3 Å². The van der Waals surface area contributed by atoms with Crippen LogP contribution in [0, 0.1) is 18.6 Å². The van der Waals surface area contributed by atoms with Gasteiger partial charge in [-0.25, -0.2) is 13.8 Å². The van der Waals surface area contributed by atoms with Gasteiger partial charge in [0.1, 0.15) is 17.5 Å². The molecule has 1 saturated heterocycles. The molecule has 0 saturated carbocycles. The highest BCUT2D eigenvalue weighted by Crippen LogP contribution is 2.30. The van der Waals surface area contributed by atoms with Crippen molar-refractivity contribution in [2.24, 2.45) is 4.99 Å². The molecule has 1 N–H and O–H groups in total. The predicted octanol–water partition coefficient (Wildman–Crippen LogP) is 8.68. The van der Waals surface area contributed by atoms with E-state index < -0.39 is 0 Å². The number of nitrogens with zero attached hydrogens (tertiary/aromatic N) is 3. The van der Waals surface area contributed by atoms with Gasteiger partial charge in [0.2, 0.25) is 0 Å². The molecule has 5 nitrogen and oxygen atoms in total. The molecule has 1 atom stereocenters. The zero-order valence-electron chi connectivity index (χ0n) is 27.0. The van der Waals surface area contributed by atoms with Gasteiger partial charge in [0.25, 0.3) is 0 Å². The zero-order valence-corrected chi connectivity index (χ0v) is 27.0. The molecule has 3 aromatic rings. The highest BCUT2D eigenvalue weighted by molar-refractivity contribution is 5.61. The fourth-order valence-electron chi connectivity index (χ4n) is 5.47. The summed E-state index contributed by atoms with van der Waals surface area (Å²) in [4.78, 5) is 9.07. The van der Waals surface area contributed by atoms with Crippen molar-refractivity contribution in [1.82, 2.24) is 10.2 Å². The number of benzene rings is 3. The number of aryl methyl sites for hydroxylation is 2. The van der Waals surface area contributed by atoms with Crippen LogP contribution in [0.15, 0.2) is 114 Å². The number of likely N-dealkylation sites (tertiary alicyclic amines) is 1. The SMILES string of the molecule is C=C(N1CCC(OC2N=CNC(C)=C2/C=C\CC)CC1)N(Cc1cccc(F)c1)c1ccccc1C.CCc1cccc(F)c1. The summed E-state index contributed by atoms with van der Waals surface area (Å²) in [7, 11) is 0. The molecule has 45 heavy (non-hydrogen) atoms. The van der Waals surface area contributed by atoms with Gasteiger partial charge in [-0.2, -0.15) is 0 Å². The van der Waals surface area contributed by atoms with Gasteiger partial charge in [-0.15, -0.1) is 0 Å². The van der Waals surface area contributed by atoms with Crippen molar-refractivity contribution in [1.29, 1.82) is 0 Å². The van der Waals surface area contributed by atoms with Gasteiger partial charge in [0.05, 0.1) is 12.4 Å². The van der Waals surface area contributed by atoms with Crippen LogP contribution in [0.25, 0.3) is 0 Å². The zero-order chi connectivity index (χ0) is 32.2. The van der Waals surface area contributed by atoms with Gasteiger partial charge in [-0.05, 0) is 86.6 Å². The third-order valence-corrected chi connectivity index (χ3v) is 8.10. The molecule has 0 aromatic heterocycles. The summed E-state index contributed by atoms with van der Waals surface area (Å²) >= 11 is 0. The Bertz CT molecular complexity index is 1510. The van der Waals surface area contributed by atoms with Crippen LogP contribution >= 0.6 is 0 Å². The summed E-state index contributed by atoms with van der Waals surface area (Å²) in [6.45, 7) is 15.0. The van der Waals surface area contributed by atoms with E-state index in [-0.39, 0.29) is 24.0 Å². The van der Waals surface area contributed by atoms with E-state index in [2.05, 4.69) is 71.7 Å². The van der Waals surface area contributed by atoms with Crippen LogP contribution < -0.4 is 10.2 Å². The minimum absolute atomic E-state index is 0.127. The number of ether oxygens (including phenoxy) is 1. The second kappa shape index (κ2) is 16.7. The van der Waals surface area contributed by atoms with Gasteiger partial charge in [0, 0.05) is 36.6 Å². The van der Waals surface area contributed by atoms with Crippen molar-refractivity contribution in [3.05, 3.63) is 137 Å². The number of anilines is 1. The maximum absolute atomic E-state index is 13.9. The molecule has 5 rings (SSSR count). The molecule has 0 bridgehead atoms. The van der Waals surface area contributed by atoms with Crippen molar-refractivity contribution in [3.8, 4) is 0 Å². The lowest BCUT2D eigenvalue weighted by atomic mass is 10.1. The lowest BCUT2D eigenvalue weighted by Crippen LogP contribution is -2.43. The minimum Gasteiger partial charge on any atom is -0.358 e. The smallest absolute Gasteiger partial charge is 0.177 e. The molecule has 1 fully saturated rings. The molecule has 2 aliphatic rings. The Morgan fingerprint density at radius 3 is 2.27 bits per heavy atom. The maximum atomic E-state index is 13.9. The van der Waals surface area contributed by atoms with Crippen LogP contribution in [-0.2, 0) is 17.7 Å². The summed E-state index contributed by atoms with van der Waals surface area (Å²) in [6, 6.07) is 21.7. The van der Waals surface area contributed by atoms with Crippen LogP contribution in [0.4, 0.5) is 14.5 Å². The van der Waals surface area contributed by atoms with E-state index >= 15 is 0 Å². The van der Waals surface area contributed by atoms with E-state index in [4.69, 9.17) is 4.74 Å². The first kappa shape index (κ1) is 33.7. The van der Waals surface area contributed by atoms with Gasteiger partial charge in [-0.3, -0.25) is 0 Å². The Kier molecular flexibility index (Phi) is 12.5. The lowest BCUT2D eigenvalue weighted by Gasteiger charge is -2.40. The van der Waals surface area contributed by atoms with E-state index in [9.17, 15) is 8.78 Å². The first-order chi connectivity index (χ1) is 21.8. The van der Waals surface area contributed by atoms with Crippen molar-refractivity contribution in [2.75, 3.05) is 18.0 Å². The van der Waals surface area contributed by atoms with Gasteiger partial charge >= 0.3 is 0 Å². The van der Waals surface area contributed by atoms with Gasteiger partial charge < -0.3 is 19.9 Å². The number of nitrogens with one attached hydrogen (secondary N) is 1. The normalized spacial score (nSPS) is 16.8.